The van der Waals surface area contributed by atoms with Gasteiger partial charge < -0.3 is 9.73 Å². The highest BCUT2D eigenvalue weighted by Crippen LogP contribution is 2.11. The van der Waals surface area contributed by atoms with E-state index in [0.29, 0.717) is 5.76 Å². The minimum absolute atomic E-state index is 0.103. The average molecular weight is 230 g/mol. The number of anilines is 1. The molecule has 1 amide bonds. The predicted octanol–water partition coefficient (Wildman–Crippen LogP) is 2.47. The topological polar surface area (TPSA) is 55.1 Å². The maximum absolute atomic E-state index is 11.7. The Hall–Kier alpha value is -2.10. The smallest absolute Gasteiger partial charge is 0.232 e. The van der Waals surface area contributed by atoms with Gasteiger partial charge in [0.05, 0.1) is 12.1 Å². The molecule has 0 aliphatic rings. The summed E-state index contributed by atoms with van der Waals surface area (Å²) in [5, 5.41) is 2.81. The third-order valence-electron chi connectivity index (χ3n) is 2.50. The zero-order valence-electron chi connectivity index (χ0n) is 9.86. The van der Waals surface area contributed by atoms with Gasteiger partial charge >= 0.3 is 0 Å². The quantitative estimate of drug-likeness (QED) is 0.881. The number of hydrogen-bond donors (Lipinski definition) is 1. The summed E-state index contributed by atoms with van der Waals surface area (Å²) < 4.78 is 5.12. The lowest BCUT2D eigenvalue weighted by molar-refractivity contribution is -0.115. The first-order chi connectivity index (χ1) is 8.15. The second kappa shape index (κ2) is 4.82. The van der Waals surface area contributed by atoms with Crippen molar-refractivity contribution >= 4 is 11.6 Å². The molecular formula is C13H14N2O2. The minimum atomic E-state index is -0.103. The summed E-state index contributed by atoms with van der Waals surface area (Å²) in [6.45, 7) is 3.82. The summed E-state index contributed by atoms with van der Waals surface area (Å²) in [7, 11) is 0. The molecule has 1 aromatic carbocycles. The first-order valence-electron chi connectivity index (χ1n) is 5.40. The summed E-state index contributed by atoms with van der Waals surface area (Å²) in [6, 6.07) is 7.66. The molecule has 4 nitrogen and oxygen atoms in total. The van der Waals surface area contributed by atoms with Crippen molar-refractivity contribution in [3.63, 3.8) is 0 Å². The van der Waals surface area contributed by atoms with Crippen LogP contribution in [0.15, 0.2) is 35.1 Å². The Kier molecular flexibility index (Phi) is 3.23. The molecular weight excluding hydrogens is 216 g/mol. The Balaban J connectivity index is 1.98. The van der Waals surface area contributed by atoms with Gasteiger partial charge in [0.2, 0.25) is 5.91 Å². The van der Waals surface area contributed by atoms with Crippen molar-refractivity contribution < 1.29 is 9.21 Å². The fourth-order valence-corrected chi connectivity index (χ4v) is 1.48. The van der Waals surface area contributed by atoms with E-state index in [1.54, 1.807) is 0 Å². The molecule has 1 heterocycles. The van der Waals surface area contributed by atoms with Crippen LogP contribution in [0.4, 0.5) is 5.69 Å². The fourth-order valence-electron chi connectivity index (χ4n) is 1.48. The minimum Gasteiger partial charge on any atom is -0.448 e. The molecule has 0 atom stereocenters. The molecule has 88 valence electrons. The van der Waals surface area contributed by atoms with Crippen molar-refractivity contribution in [1.29, 1.82) is 0 Å². The van der Waals surface area contributed by atoms with Crippen LogP contribution in [-0.2, 0) is 11.2 Å². The number of aromatic nitrogens is 1. The number of carbonyl (C=O) groups excluding carboxylic acids is 1. The molecule has 0 unspecified atom stereocenters. The van der Waals surface area contributed by atoms with Crippen molar-refractivity contribution in [2.45, 2.75) is 20.3 Å². The van der Waals surface area contributed by atoms with Gasteiger partial charge in [0.1, 0.15) is 5.76 Å². The SMILES string of the molecule is Cc1ccc(NC(=O)Cc2ocnc2C)cc1. The Morgan fingerprint density at radius 1 is 1.29 bits per heavy atom. The number of amides is 1. The average Bonchev–Trinajstić information content (AvgIpc) is 2.68. The van der Waals surface area contributed by atoms with Crippen LogP contribution in [0.25, 0.3) is 0 Å². The van der Waals surface area contributed by atoms with Crippen LogP contribution >= 0.6 is 0 Å². The van der Waals surface area contributed by atoms with Gasteiger partial charge in [-0.15, -0.1) is 0 Å². The van der Waals surface area contributed by atoms with E-state index in [1.807, 2.05) is 38.1 Å². The van der Waals surface area contributed by atoms with Crippen molar-refractivity contribution in [2.24, 2.45) is 0 Å². The summed E-state index contributed by atoms with van der Waals surface area (Å²) in [5.41, 5.74) is 2.70. The van der Waals surface area contributed by atoms with Gasteiger partial charge in [-0.1, -0.05) is 17.7 Å². The Morgan fingerprint density at radius 2 is 2.00 bits per heavy atom. The molecule has 2 aromatic rings. The maximum atomic E-state index is 11.7. The molecule has 0 spiro atoms. The van der Waals surface area contributed by atoms with Crippen molar-refractivity contribution in [2.75, 3.05) is 5.32 Å². The van der Waals surface area contributed by atoms with Crippen LogP contribution in [0, 0.1) is 13.8 Å². The molecule has 0 bridgehead atoms. The number of benzene rings is 1. The van der Waals surface area contributed by atoms with E-state index >= 15 is 0 Å². The second-order valence-corrected chi connectivity index (χ2v) is 3.95. The monoisotopic (exact) mass is 230 g/mol. The largest absolute Gasteiger partial charge is 0.448 e. The zero-order chi connectivity index (χ0) is 12.3. The van der Waals surface area contributed by atoms with Gasteiger partial charge in [0.15, 0.2) is 6.39 Å². The predicted molar refractivity (Wildman–Crippen MR) is 64.8 cm³/mol. The third-order valence-corrected chi connectivity index (χ3v) is 2.50. The molecule has 1 N–H and O–H groups in total. The summed E-state index contributed by atoms with van der Waals surface area (Å²) in [6.07, 6.45) is 1.56. The lowest BCUT2D eigenvalue weighted by atomic mass is 10.2. The van der Waals surface area contributed by atoms with Crippen LogP contribution in [0.1, 0.15) is 17.0 Å². The lowest BCUT2D eigenvalue weighted by Crippen LogP contribution is -2.14. The Bertz CT molecular complexity index is 514. The Morgan fingerprint density at radius 3 is 2.59 bits per heavy atom. The van der Waals surface area contributed by atoms with Crippen LogP contribution < -0.4 is 5.32 Å². The molecule has 0 radical (unpaired) electrons. The van der Waals surface area contributed by atoms with Gasteiger partial charge in [-0.3, -0.25) is 4.79 Å². The molecule has 0 saturated heterocycles. The molecule has 2 rings (SSSR count). The van der Waals surface area contributed by atoms with E-state index in [1.165, 1.54) is 6.39 Å². The first kappa shape index (κ1) is 11.4. The van der Waals surface area contributed by atoms with Crippen molar-refractivity contribution in [3.8, 4) is 0 Å². The van der Waals surface area contributed by atoms with Crippen molar-refractivity contribution in [1.82, 2.24) is 4.98 Å². The Labute approximate surface area is 99.7 Å². The van der Waals surface area contributed by atoms with E-state index in [9.17, 15) is 4.79 Å². The van der Waals surface area contributed by atoms with Crippen LogP contribution in [0.2, 0.25) is 0 Å². The molecule has 0 aliphatic heterocycles. The number of rotatable bonds is 3. The van der Waals surface area contributed by atoms with Crippen LogP contribution in [0.3, 0.4) is 0 Å². The number of nitrogens with one attached hydrogen (secondary N) is 1. The van der Waals surface area contributed by atoms with Crippen LogP contribution in [-0.4, -0.2) is 10.9 Å². The third kappa shape index (κ3) is 2.93. The van der Waals surface area contributed by atoms with E-state index in [-0.39, 0.29) is 12.3 Å². The van der Waals surface area contributed by atoms with Gasteiger partial charge in [-0.05, 0) is 26.0 Å². The highest BCUT2D eigenvalue weighted by molar-refractivity contribution is 5.91. The fraction of sp³-hybridized carbons (Fsp3) is 0.231. The van der Waals surface area contributed by atoms with E-state index in [0.717, 1.165) is 16.9 Å². The second-order valence-electron chi connectivity index (χ2n) is 3.95. The number of carbonyl (C=O) groups is 1. The molecule has 1 aromatic heterocycles. The molecule has 0 saturated carbocycles. The number of hydrogen-bond acceptors (Lipinski definition) is 3. The highest BCUT2D eigenvalue weighted by Gasteiger charge is 2.09. The van der Waals surface area contributed by atoms with Crippen molar-refractivity contribution in [3.05, 3.63) is 47.7 Å². The molecule has 0 aliphatic carbocycles. The molecule has 17 heavy (non-hydrogen) atoms. The molecule has 4 heteroatoms. The van der Waals surface area contributed by atoms with Gasteiger partial charge in [0, 0.05) is 5.69 Å². The highest BCUT2D eigenvalue weighted by atomic mass is 16.3. The molecule has 0 fully saturated rings. The number of oxazole rings is 1. The van der Waals surface area contributed by atoms with E-state index in [2.05, 4.69) is 10.3 Å². The standard InChI is InChI=1S/C13H14N2O2/c1-9-3-5-11(6-4-9)15-13(16)7-12-10(2)14-8-17-12/h3-6,8H,7H2,1-2H3,(H,15,16). The van der Waals surface area contributed by atoms with Gasteiger partial charge in [0.25, 0.3) is 0 Å². The zero-order valence-corrected chi connectivity index (χ0v) is 9.86. The summed E-state index contributed by atoms with van der Waals surface area (Å²) >= 11 is 0. The van der Waals surface area contributed by atoms with Gasteiger partial charge in [-0.25, -0.2) is 4.98 Å². The number of nitrogens with zero attached hydrogens (tertiary/aromatic N) is 1. The first-order valence-corrected chi connectivity index (χ1v) is 5.40. The maximum Gasteiger partial charge on any atom is 0.232 e. The number of aryl methyl sites for hydroxylation is 2. The lowest BCUT2D eigenvalue weighted by Gasteiger charge is -2.04. The van der Waals surface area contributed by atoms with Gasteiger partial charge in [-0.2, -0.15) is 0 Å². The van der Waals surface area contributed by atoms with E-state index in [4.69, 9.17) is 4.42 Å². The van der Waals surface area contributed by atoms with E-state index < -0.39 is 0 Å². The van der Waals surface area contributed by atoms with Crippen LogP contribution in [0.5, 0.6) is 0 Å². The normalized spacial score (nSPS) is 10.2. The summed E-state index contributed by atoms with van der Waals surface area (Å²) in [5.74, 6) is 0.503. The summed E-state index contributed by atoms with van der Waals surface area (Å²) in [4.78, 5) is 15.7.